The molecule has 4 aliphatic heterocycles. The summed E-state index contributed by atoms with van der Waals surface area (Å²) >= 11 is 0. The van der Waals surface area contributed by atoms with Gasteiger partial charge in [-0.3, -0.25) is 0 Å². The summed E-state index contributed by atoms with van der Waals surface area (Å²) in [6.07, 6.45) is 4.21. The van der Waals surface area contributed by atoms with Gasteiger partial charge in [0.1, 0.15) is 0 Å². The molecule has 2 unspecified atom stereocenters. The fourth-order valence-corrected chi connectivity index (χ4v) is 4.25. The Hall–Kier alpha value is -0.160. The molecule has 0 amide bonds. The van der Waals surface area contributed by atoms with Crippen molar-refractivity contribution in [3.8, 4) is 0 Å². The summed E-state index contributed by atoms with van der Waals surface area (Å²) in [5.74, 6) is 0.388. The number of nitrogens with one attached hydrogen (secondary N) is 1. The molecule has 0 aromatic heterocycles. The van der Waals surface area contributed by atoms with Gasteiger partial charge in [0.2, 0.25) is 0 Å². The van der Waals surface area contributed by atoms with Gasteiger partial charge in [-0.15, -0.1) is 0 Å². The summed E-state index contributed by atoms with van der Waals surface area (Å²) in [4.78, 5) is 2.37. The van der Waals surface area contributed by atoms with Gasteiger partial charge in [0.25, 0.3) is 0 Å². The molecule has 0 saturated carbocycles. The molecule has 98 valence electrons. The lowest BCUT2D eigenvalue weighted by molar-refractivity contribution is -0.204. The van der Waals surface area contributed by atoms with Crippen LogP contribution in [0.2, 0.25) is 0 Å². The number of rotatable bonds is 2. The highest BCUT2D eigenvalue weighted by molar-refractivity contribution is 5.10. The minimum atomic E-state index is -0.675. The molecular formula is C13H24N2O2. The Morgan fingerprint density at radius 1 is 1.29 bits per heavy atom. The highest BCUT2D eigenvalue weighted by Gasteiger charge is 2.58. The normalized spacial score (nSPS) is 50.5. The van der Waals surface area contributed by atoms with E-state index in [1.165, 1.54) is 0 Å². The van der Waals surface area contributed by atoms with Crippen LogP contribution in [-0.4, -0.2) is 60.0 Å². The van der Waals surface area contributed by atoms with Gasteiger partial charge < -0.3 is 20.4 Å². The molecule has 4 saturated heterocycles. The van der Waals surface area contributed by atoms with Crippen LogP contribution in [0.4, 0.5) is 0 Å². The number of nitrogens with zero attached hydrogens (tertiary/aromatic N) is 1. The first-order valence-electron chi connectivity index (χ1n) is 6.97. The third kappa shape index (κ3) is 1.65. The zero-order valence-electron chi connectivity index (χ0n) is 10.5. The smallest absolute Gasteiger partial charge is 0.0892 e. The van der Waals surface area contributed by atoms with Crippen molar-refractivity contribution in [2.75, 3.05) is 39.3 Å². The highest BCUT2D eigenvalue weighted by Crippen LogP contribution is 2.49. The molecule has 4 heteroatoms. The van der Waals surface area contributed by atoms with Crippen molar-refractivity contribution in [1.82, 2.24) is 10.2 Å². The van der Waals surface area contributed by atoms with Crippen molar-refractivity contribution in [3.63, 3.8) is 0 Å². The summed E-state index contributed by atoms with van der Waals surface area (Å²) in [6.45, 7) is 4.92. The van der Waals surface area contributed by atoms with Crippen LogP contribution in [0, 0.1) is 11.3 Å². The van der Waals surface area contributed by atoms with Crippen LogP contribution in [0.25, 0.3) is 0 Å². The molecule has 2 bridgehead atoms. The predicted molar refractivity (Wildman–Crippen MR) is 65.7 cm³/mol. The van der Waals surface area contributed by atoms with Crippen molar-refractivity contribution >= 4 is 0 Å². The summed E-state index contributed by atoms with van der Waals surface area (Å²) < 4.78 is 0. The van der Waals surface area contributed by atoms with Crippen LogP contribution in [0.1, 0.15) is 25.7 Å². The second-order valence-corrected chi connectivity index (χ2v) is 6.19. The van der Waals surface area contributed by atoms with Gasteiger partial charge in [-0.05, 0) is 51.2 Å². The van der Waals surface area contributed by atoms with Crippen LogP contribution in [0.15, 0.2) is 0 Å². The van der Waals surface area contributed by atoms with Crippen LogP contribution in [0.5, 0.6) is 0 Å². The Morgan fingerprint density at radius 3 is 2.53 bits per heavy atom. The maximum Gasteiger partial charge on any atom is 0.0892 e. The second kappa shape index (κ2) is 4.19. The Balaban J connectivity index is 1.89. The molecule has 4 heterocycles. The van der Waals surface area contributed by atoms with Gasteiger partial charge in [0.05, 0.1) is 12.2 Å². The Bertz CT molecular complexity index is 283. The van der Waals surface area contributed by atoms with Crippen LogP contribution >= 0.6 is 0 Å². The minimum absolute atomic E-state index is 0.112. The molecule has 0 aromatic rings. The van der Waals surface area contributed by atoms with Gasteiger partial charge in [-0.25, -0.2) is 0 Å². The molecule has 0 radical (unpaired) electrons. The average molecular weight is 240 g/mol. The van der Waals surface area contributed by atoms with E-state index in [9.17, 15) is 10.2 Å². The number of piperidine rings is 4. The number of hydrogen-bond acceptors (Lipinski definition) is 4. The van der Waals surface area contributed by atoms with E-state index < -0.39 is 5.60 Å². The maximum atomic E-state index is 11.2. The monoisotopic (exact) mass is 240 g/mol. The van der Waals surface area contributed by atoms with Crippen molar-refractivity contribution < 1.29 is 10.2 Å². The molecule has 4 nitrogen and oxygen atoms in total. The summed E-state index contributed by atoms with van der Waals surface area (Å²) in [6, 6.07) is 0. The van der Waals surface area contributed by atoms with Crippen molar-refractivity contribution in [3.05, 3.63) is 0 Å². The van der Waals surface area contributed by atoms with E-state index in [0.717, 1.165) is 58.4 Å². The van der Waals surface area contributed by atoms with E-state index in [1.54, 1.807) is 0 Å². The molecule has 0 spiro atoms. The lowest BCUT2D eigenvalue weighted by Gasteiger charge is -2.59. The molecule has 3 N–H and O–H groups in total. The van der Waals surface area contributed by atoms with E-state index in [4.69, 9.17) is 0 Å². The van der Waals surface area contributed by atoms with E-state index in [1.807, 2.05) is 0 Å². The molecule has 4 aliphatic rings. The summed E-state index contributed by atoms with van der Waals surface area (Å²) in [5.41, 5.74) is -0.985. The standard InChI is InChI=1S/C13H24N2O2/c16-10-12(4-1-5-14-8-12)13(17)9-15-6-2-11(13)3-7-15/h11,14,16-17H,1-10H2. The van der Waals surface area contributed by atoms with E-state index in [2.05, 4.69) is 10.2 Å². The Labute approximate surface area is 103 Å². The van der Waals surface area contributed by atoms with Gasteiger partial charge in [-0.2, -0.15) is 0 Å². The lowest BCUT2D eigenvalue weighted by Crippen LogP contribution is -2.70. The Morgan fingerprint density at radius 2 is 2.06 bits per heavy atom. The van der Waals surface area contributed by atoms with Gasteiger partial charge in [0, 0.05) is 18.5 Å². The molecule has 17 heavy (non-hydrogen) atoms. The largest absolute Gasteiger partial charge is 0.396 e. The molecule has 4 fully saturated rings. The maximum absolute atomic E-state index is 11.2. The summed E-state index contributed by atoms with van der Waals surface area (Å²) in [7, 11) is 0. The molecule has 4 rings (SSSR count). The lowest BCUT2D eigenvalue weighted by atomic mass is 9.58. The zero-order valence-corrected chi connectivity index (χ0v) is 10.5. The number of fused-ring (bicyclic) bond motifs is 3. The fraction of sp³-hybridized carbons (Fsp3) is 1.00. The molecule has 0 aromatic carbocycles. The molecule has 0 aliphatic carbocycles. The van der Waals surface area contributed by atoms with Gasteiger partial charge >= 0.3 is 0 Å². The van der Waals surface area contributed by atoms with E-state index in [0.29, 0.717) is 5.92 Å². The first kappa shape index (κ1) is 11.9. The fourth-order valence-electron chi connectivity index (χ4n) is 4.25. The van der Waals surface area contributed by atoms with Gasteiger partial charge in [0.15, 0.2) is 0 Å². The summed E-state index contributed by atoms with van der Waals surface area (Å²) in [5, 5.41) is 24.4. The van der Waals surface area contributed by atoms with E-state index >= 15 is 0 Å². The SMILES string of the molecule is OCC1(C2(O)CN3CCC2CC3)CCCNC1. The average Bonchev–Trinajstić information content (AvgIpc) is 2.40. The van der Waals surface area contributed by atoms with Crippen LogP contribution in [-0.2, 0) is 0 Å². The van der Waals surface area contributed by atoms with Gasteiger partial charge in [-0.1, -0.05) is 0 Å². The van der Waals surface area contributed by atoms with E-state index in [-0.39, 0.29) is 12.0 Å². The number of hydrogen-bond donors (Lipinski definition) is 3. The quantitative estimate of drug-likeness (QED) is 0.626. The van der Waals surface area contributed by atoms with Crippen molar-refractivity contribution in [2.45, 2.75) is 31.3 Å². The topological polar surface area (TPSA) is 55.7 Å². The zero-order chi connectivity index (χ0) is 11.9. The number of aliphatic hydroxyl groups excluding tert-OH is 1. The Kier molecular flexibility index (Phi) is 2.94. The predicted octanol–water partition coefficient (Wildman–Crippen LogP) is -0.195. The first-order chi connectivity index (χ1) is 8.20. The number of aliphatic hydroxyl groups is 2. The van der Waals surface area contributed by atoms with Crippen LogP contribution < -0.4 is 5.32 Å². The first-order valence-corrected chi connectivity index (χ1v) is 6.97. The third-order valence-electron chi connectivity index (χ3n) is 5.42. The second-order valence-electron chi connectivity index (χ2n) is 6.19. The minimum Gasteiger partial charge on any atom is -0.396 e. The van der Waals surface area contributed by atoms with Crippen molar-refractivity contribution in [2.24, 2.45) is 11.3 Å². The highest BCUT2D eigenvalue weighted by atomic mass is 16.3. The molecular weight excluding hydrogens is 216 g/mol. The molecule has 2 atom stereocenters. The van der Waals surface area contributed by atoms with Crippen molar-refractivity contribution in [1.29, 1.82) is 0 Å². The van der Waals surface area contributed by atoms with Crippen LogP contribution in [0.3, 0.4) is 0 Å². The third-order valence-corrected chi connectivity index (χ3v) is 5.42.